The van der Waals surface area contributed by atoms with Gasteiger partial charge in [-0.3, -0.25) is 9.59 Å². The molecule has 0 aliphatic rings. The number of unbranched alkanes of at least 4 members (excludes halogenated alkanes) is 14. The number of carbonyl (C=O) groups is 2. The van der Waals surface area contributed by atoms with Gasteiger partial charge in [-0.05, 0) is 12.8 Å². The van der Waals surface area contributed by atoms with Crippen molar-refractivity contribution in [1.29, 1.82) is 0 Å². The molecule has 0 bridgehead atoms. The fourth-order valence-electron chi connectivity index (χ4n) is 2.94. The average Bonchev–Trinajstić information content (AvgIpc) is 2.76. The summed E-state index contributed by atoms with van der Waals surface area (Å²) in [5.41, 5.74) is 0. The first-order valence-electron chi connectivity index (χ1n) is 12.1. The highest BCUT2D eigenvalue weighted by atomic mass is 32.1. The summed E-state index contributed by atoms with van der Waals surface area (Å²) < 4.78 is 9.84. The van der Waals surface area contributed by atoms with Gasteiger partial charge in [-0.1, -0.05) is 104 Å². The molecule has 0 aliphatic heterocycles. The van der Waals surface area contributed by atoms with E-state index in [0.717, 1.165) is 12.8 Å². The lowest BCUT2D eigenvalue weighted by atomic mass is 10.1. The van der Waals surface area contributed by atoms with Gasteiger partial charge in [0.05, 0.1) is 24.7 Å². The molecule has 0 unspecified atom stereocenters. The molecular formula is C24H48O4S2. The zero-order valence-electron chi connectivity index (χ0n) is 19.7. The summed E-state index contributed by atoms with van der Waals surface area (Å²) >= 11 is 7.66. The van der Waals surface area contributed by atoms with Crippen molar-refractivity contribution in [3.8, 4) is 0 Å². The highest BCUT2D eigenvalue weighted by molar-refractivity contribution is 7.81. The minimum absolute atomic E-state index is 0.191. The first kappa shape index (κ1) is 31.8. The molecule has 0 N–H and O–H groups in total. The van der Waals surface area contributed by atoms with Gasteiger partial charge < -0.3 is 9.47 Å². The third-order valence-corrected chi connectivity index (χ3v) is 5.30. The van der Waals surface area contributed by atoms with Crippen molar-refractivity contribution >= 4 is 37.2 Å². The predicted octanol–water partition coefficient (Wildman–Crippen LogP) is 7.20. The zero-order valence-corrected chi connectivity index (χ0v) is 21.5. The first-order valence-corrected chi connectivity index (χ1v) is 13.4. The Balaban J connectivity index is 0. The van der Waals surface area contributed by atoms with Gasteiger partial charge in [-0.25, -0.2) is 0 Å². The van der Waals surface area contributed by atoms with E-state index in [1.807, 2.05) is 0 Å². The molecule has 0 aromatic heterocycles. The standard InChI is InChI=1S/2C12H24O2S/c2*1-2-3-4-5-6-7-8-9-10-14-12(13)11-15/h2*15H,2-11H2,1H3. The normalized spacial score (nSPS) is 10.3. The smallest absolute Gasteiger partial charge is 0.315 e. The summed E-state index contributed by atoms with van der Waals surface area (Å²) in [6, 6.07) is 0. The van der Waals surface area contributed by atoms with Gasteiger partial charge in [0.15, 0.2) is 0 Å². The Bertz CT molecular complexity index is 331. The molecule has 0 aliphatic carbocycles. The largest absolute Gasteiger partial charge is 0.465 e. The Hall–Kier alpha value is -0.360. The molecule has 0 atom stereocenters. The molecule has 0 saturated carbocycles. The van der Waals surface area contributed by atoms with Crippen molar-refractivity contribution in [3.63, 3.8) is 0 Å². The van der Waals surface area contributed by atoms with E-state index in [-0.39, 0.29) is 23.4 Å². The predicted molar refractivity (Wildman–Crippen MR) is 135 cm³/mol. The van der Waals surface area contributed by atoms with E-state index in [1.165, 1.54) is 89.9 Å². The van der Waals surface area contributed by atoms with Crippen molar-refractivity contribution in [2.45, 2.75) is 117 Å². The summed E-state index contributed by atoms with van der Waals surface area (Å²) in [7, 11) is 0. The molecule has 30 heavy (non-hydrogen) atoms. The number of esters is 2. The van der Waals surface area contributed by atoms with Crippen LogP contribution in [0.2, 0.25) is 0 Å². The lowest BCUT2D eigenvalue weighted by molar-refractivity contribution is -0.141. The summed E-state index contributed by atoms with van der Waals surface area (Å²) in [6.45, 7) is 5.59. The van der Waals surface area contributed by atoms with Crippen LogP contribution in [-0.4, -0.2) is 36.7 Å². The lowest BCUT2D eigenvalue weighted by Gasteiger charge is -2.03. The maximum absolute atomic E-state index is 10.7. The van der Waals surface area contributed by atoms with E-state index in [0.29, 0.717) is 13.2 Å². The molecule has 0 saturated heterocycles. The second-order valence-corrected chi connectivity index (χ2v) is 8.34. The molecular weight excluding hydrogens is 416 g/mol. The van der Waals surface area contributed by atoms with Gasteiger partial charge in [-0.15, -0.1) is 0 Å². The molecule has 6 heteroatoms. The van der Waals surface area contributed by atoms with Crippen molar-refractivity contribution in [2.24, 2.45) is 0 Å². The van der Waals surface area contributed by atoms with E-state index in [9.17, 15) is 9.59 Å². The second-order valence-electron chi connectivity index (χ2n) is 7.71. The third-order valence-electron chi connectivity index (χ3n) is 4.78. The van der Waals surface area contributed by atoms with Crippen LogP contribution in [-0.2, 0) is 19.1 Å². The highest BCUT2D eigenvalue weighted by Gasteiger charge is 1.98. The molecule has 0 heterocycles. The number of ether oxygens (including phenoxy) is 2. The number of thiol groups is 2. The summed E-state index contributed by atoms with van der Waals surface area (Å²) in [5, 5.41) is 0. The molecule has 0 aromatic rings. The summed E-state index contributed by atoms with van der Waals surface area (Å²) in [6.07, 6.45) is 20.3. The zero-order chi connectivity index (χ0) is 22.7. The van der Waals surface area contributed by atoms with E-state index < -0.39 is 0 Å². The molecule has 0 radical (unpaired) electrons. The Morgan fingerprint density at radius 1 is 0.500 bits per heavy atom. The number of hydrogen-bond donors (Lipinski definition) is 2. The van der Waals surface area contributed by atoms with Crippen LogP contribution in [0.3, 0.4) is 0 Å². The molecule has 0 amide bonds. The van der Waals surface area contributed by atoms with Crippen LogP contribution in [0.1, 0.15) is 117 Å². The fourth-order valence-corrected chi connectivity index (χ4v) is 3.12. The van der Waals surface area contributed by atoms with Gasteiger partial charge in [0.25, 0.3) is 0 Å². The quantitative estimate of drug-likeness (QED) is 0.114. The van der Waals surface area contributed by atoms with Gasteiger partial charge in [0.1, 0.15) is 0 Å². The maximum Gasteiger partial charge on any atom is 0.315 e. The minimum Gasteiger partial charge on any atom is -0.465 e. The van der Waals surface area contributed by atoms with Crippen LogP contribution < -0.4 is 0 Å². The Kier molecular flexibility index (Phi) is 30.4. The van der Waals surface area contributed by atoms with E-state index >= 15 is 0 Å². The first-order chi connectivity index (χ1) is 14.6. The van der Waals surface area contributed by atoms with Crippen molar-refractivity contribution in [3.05, 3.63) is 0 Å². The molecule has 0 fully saturated rings. The van der Waals surface area contributed by atoms with Gasteiger partial charge >= 0.3 is 11.9 Å². The maximum atomic E-state index is 10.7. The topological polar surface area (TPSA) is 52.6 Å². The van der Waals surface area contributed by atoms with Crippen molar-refractivity contribution in [2.75, 3.05) is 24.7 Å². The average molecular weight is 465 g/mol. The Morgan fingerprint density at radius 3 is 1.03 bits per heavy atom. The fraction of sp³-hybridized carbons (Fsp3) is 0.917. The van der Waals surface area contributed by atoms with Crippen LogP contribution >= 0.6 is 25.3 Å². The molecule has 0 aromatic carbocycles. The second kappa shape index (κ2) is 28.6. The lowest BCUT2D eigenvalue weighted by Crippen LogP contribution is -2.06. The van der Waals surface area contributed by atoms with Crippen LogP contribution in [0, 0.1) is 0 Å². The van der Waals surface area contributed by atoms with E-state index in [4.69, 9.17) is 9.47 Å². The summed E-state index contributed by atoms with van der Waals surface area (Å²) in [4.78, 5) is 21.4. The minimum atomic E-state index is -0.207. The molecule has 180 valence electrons. The van der Waals surface area contributed by atoms with Gasteiger partial charge in [-0.2, -0.15) is 25.3 Å². The van der Waals surface area contributed by atoms with Crippen LogP contribution in [0.25, 0.3) is 0 Å². The number of hydrogen-bond acceptors (Lipinski definition) is 6. The monoisotopic (exact) mass is 464 g/mol. The molecule has 4 nitrogen and oxygen atoms in total. The number of carbonyl (C=O) groups excluding carboxylic acids is 2. The van der Waals surface area contributed by atoms with Crippen molar-refractivity contribution in [1.82, 2.24) is 0 Å². The van der Waals surface area contributed by atoms with E-state index in [2.05, 4.69) is 39.1 Å². The van der Waals surface area contributed by atoms with Crippen molar-refractivity contribution < 1.29 is 19.1 Å². The SMILES string of the molecule is CCCCCCCCCCOC(=O)CS.CCCCCCCCCCOC(=O)CS. The summed E-state index contributed by atoms with van der Waals surface area (Å²) in [5.74, 6) is -0.0313. The Morgan fingerprint density at radius 2 is 0.767 bits per heavy atom. The van der Waals surface area contributed by atoms with Gasteiger partial charge in [0, 0.05) is 0 Å². The number of rotatable bonds is 20. The van der Waals surface area contributed by atoms with E-state index in [1.54, 1.807) is 0 Å². The molecule has 0 spiro atoms. The van der Waals surface area contributed by atoms with Crippen LogP contribution in [0.15, 0.2) is 0 Å². The van der Waals surface area contributed by atoms with Crippen LogP contribution in [0.5, 0.6) is 0 Å². The van der Waals surface area contributed by atoms with Gasteiger partial charge in [0.2, 0.25) is 0 Å². The highest BCUT2D eigenvalue weighted by Crippen LogP contribution is 2.09. The molecule has 0 rings (SSSR count). The Labute approximate surface area is 197 Å². The third kappa shape index (κ3) is 29.8. The van der Waals surface area contributed by atoms with Crippen LogP contribution in [0.4, 0.5) is 0 Å².